The van der Waals surface area contributed by atoms with Crippen LogP contribution in [0.4, 0.5) is 11.4 Å². The largest absolute Gasteiger partial charge is 0.372 e. The Morgan fingerprint density at radius 1 is 1.12 bits per heavy atom. The van der Waals surface area contributed by atoms with E-state index in [1.54, 1.807) is 6.07 Å². The summed E-state index contributed by atoms with van der Waals surface area (Å²) < 4.78 is 33.7. The maximum Gasteiger partial charge on any atom is 0.270 e. The van der Waals surface area contributed by atoms with E-state index in [0.717, 1.165) is 19.3 Å². The van der Waals surface area contributed by atoms with E-state index >= 15 is 0 Å². The second-order valence-corrected chi connectivity index (χ2v) is 8.94. The van der Waals surface area contributed by atoms with Crippen molar-refractivity contribution in [3.8, 4) is 0 Å². The quantitative estimate of drug-likeness (QED) is 0.585. The molecule has 2 aliphatic heterocycles. The molecule has 0 bridgehead atoms. The highest BCUT2D eigenvalue weighted by Gasteiger charge is 2.33. The molecule has 0 saturated carbocycles. The van der Waals surface area contributed by atoms with Crippen LogP contribution >= 0.6 is 0 Å². The lowest BCUT2D eigenvalue weighted by Crippen LogP contribution is -2.46. The van der Waals surface area contributed by atoms with Crippen molar-refractivity contribution in [3.63, 3.8) is 0 Å². The van der Waals surface area contributed by atoms with Crippen LogP contribution in [-0.4, -0.2) is 56.0 Å². The van der Waals surface area contributed by atoms with E-state index in [2.05, 4.69) is 0 Å². The van der Waals surface area contributed by atoms with E-state index in [1.165, 1.54) is 16.4 Å². The fourth-order valence-corrected chi connectivity index (χ4v) is 5.45. The van der Waals surface area contributed by atoms with Gasteiger partial charge in [0.05, 0.1) is 22.8 Å². The molecule has 2 saturated heterocycles. The standard InChI is InChI=1S/C17H25N3O5S/c1-13-11-18(12-14(2)25-13)16-7-6-15(20(21)22)10-17(16)26(23,24)19-8-4-3-5-9-19/h6-7,10,13-14H,3-5,8-9,11-12H2,1-2H3/t13-,14-/m0/s1. The summed E-state index contributed by atoms with van der Waals surface area (Å²) in [6.07, 6.45) is 2.55. The van der Waals surface area contributed by atoms with Crippen molar-refractivity contribution in [2.75, 3.05) is 31.1 Å². The van der Waals surface area contributed by atoms with Gasteiger partial charge in [0.2, 0.25) is 10.0 Å². The van der Waals surface area contributed by atoms with Crippen molar-refractivity contribution in [1.29, 1.82) is 0 Å². The predicted molar refractivity (Wildman–Crippen MR) is 97.9 cm³/mol. The molecule has 3 rings (SSSR count). The molecule has 2 aliphatic rings. The Hall–Kier alpha value is -1.71. The summed E-state index contributed by atoms with van der Waals surface area (Å²) >= 11 is 0. The Kier molecular flexibility index (Phi) is 5.50. The van der Waals surface area contributed by atoms with E-state index in [4.69, 9.17) is 4.74 Å². The zero-order valence-electron chi connectivity index (χ0n) is 15.1. The van der Waals surface area contributed by atoms with Crippen LogP contribution in [0.15, 0.2) is 23.1 Å². The third kappa shape index (κ3) is 3.84. The summed E-state index contributed by atoms with van der Waals surface area (Å²) in [6, 6.07) is 4.12. The third-order valence-electron chi connectivity index (χ3n) is 4.85. The van der Waals surface area contributed by atoms with Gasteiger partial charge < -0.3 is 9.64 Å². The lowest BCUT2D eigenvalue weighted by Gasteiger charge is -2.38. The van der Waals surface area contributed by atoms with Gasteiger partial charge in [-0.15, -0.1) is 0 Å². The first-order chi connectivity index (χ1) is 12.3. The maximum atomic E-state index is 13.2. The second kappa shape index (κ2) is 7.50. The molecule has 0 spiro atoms. The van der Waals surface area contributed by atoms with E-state index in [0.29, 0.717) is 31.9 Å². The lowest BCUT2D eigenvalue weighted by molar-refractivity contribution is -0.385. The zero-order valence-corrected chi connectivity index (χ0v) is 15.9. The summed E-state index contributed by atoms with van der Waals surface area (Å²) in [5.74, 6) is 0. The Morgan fingerprint density at radius 2 is 1.73 bits per heavy atom. The monoisotopic (exact) mass is 383 g/mol. The number of non-ortho nitro benzene ring substituents is 1. The zero-order chi connectivity index (χ0) is 18.9. The molecule has 2 fully saturated rings. The number of nitro benzene ring substituents is 1. The first-order valence-corrected chi connectivity index (χ1v) is 10.4. The molecule has 0 N–H and O–H groups in total. The van der Waals surface area contributed by atoms with Gasteiger partial charge in [-0.2, -0.15) is 4.31 Å². The van der Waals surface area contributed by atoms with E-state index in [1.807, 2.05) is 18.7 Å². The average molecular weight is 383 g/mol. The van der Waals surface area contributed by atoms with Crippen molar-refractivity contribution in [2.45, 2.75) is 50.2 Å². The van der Waals surface area contributed by atoms with Crippen LogP contribution in [0.1, 0.15) is 33.1 Å². The summed E-state index contributed by atoms with van der Waals surface area (Å²) in [5.41, 5.74) is 0.307. The normalized spacial score (nSPS) is 25.2. The Balaban J connectivity index is 2.05. The first-order valence-electron chi connectivity index (χ1n) is 8.98. The van der Waals surface area contributed by atoms with Gasteiger partial charge in [0.1, 0.15) is 4.90 Å². The summed E-state index contributed by atoms with van der Waals surface area (Å²) in [4.78, 5) is 12.6. The SMILES string of the molecule is C[C@H]1CN(c2ccc([N+](=O)[O-])cc2S(=O)(=O)N2CCCCC2)C[C@H](C)O1. The minimum Gasteiger partial charge on any atom is -0.372 e. The van der Waals surface area contributed by atoms with Crippen LogP contribution < -0.4 is 4.90 Å². The van der Waals surface area contributed by atoms with Crippen molar-refractivity contribution in [1.82, 2.24) is 4.31 Å². The van der Waals surface area contributed by atoms with Crippen molar-refractivity contribution >= 4 is 21.4 Å². The lowest BCUT2D eigenvalue weighted by atomic mass is 10.2. The molecular formula is C17H25N3O5S. The number of rotatable bonds is 4. The minimum absolute atomic E-state index is 0.0231. The number of hydrogen-bond acceptors (Lipinski definition) is 6. The Labute approximate surface area is 153 Å². The number of sulfonamides is 1. The van der Waals surface area contributed by atoms with Gasteiger partial charge in [-0.1, -0.05) is 6.42 Å². The molecule has 0 unspecified atom stereocenters. The number of morpholine rings is 1. The van der Waals surface area contributed by atoms with Gasteiger partial charge >= 0.3 is 0 Å². The molecule has 0 aliphatic carbocycles. The van der Waals surface area contributed by atoms with Gasteiger partial charge in [-0.25, -0.2) is 8.42 Å². The van der Waals surface area contributed by atoms with Gasteiger partial charge in [-0.05, 0) is 32.8 Å². The first kappa shape index (κ1) is 19.1. The number of anilines is 1. The number of nitro groups is 1. The summed E-state index contributed by atoms with van der Waals surface area (Å²) in [5, 5.41) is 11.2. The molecule has 26 heavy (non-hydrogen) atoms. The van der Waals surface area contributed by atoms with E-state index in [9.17, 15) is 18.5 Å². The van der Waals surface area contributed by atoms with Crippen LogP contribution in [0, 0.1) is 10.1 Å². The number of hydrogen-bond donors (Lipinski definition) is 0. The number of nitrogens with zero attached hydrogens (tertiary/aromatic N) is 3. The van der Waals surface area contributed by atoms with Crippen LogP contribution in [0.3, 0.4) is 0 Å². The molecule has 1 aromatic carbocycles. The third-order valence-corrected chi connectivity index (χ3v) is 6.78. The summed E-state index contributed by atoms with van der Waals surface area (Å²) in [7, 11) is -3.79. The fraction of sp³-hybridized carbons (Fsp3) is 0.647. The molecule has 2 atom stereocenters. The molecule has 2 heterocycles. The van der Waals surface area contributed by atoms with Crippen molar-refractivity contribution < 1.29 is 18.1 Å². The second-order valence-electron chi connectivity index (χ2n) is 7.04. The topological polar surface area (TPSA) is 93.0 Å². The molecule has 9 heteroatoms. The molecule has 144 valence electrons. The van der Waals surface area contributed by atoms with E-state index in [-0.39, 0.29) is 22.8 Å². The number of ether oxygens (including phenoxy) is 1. The molecule has 1 aromatic rings. The summed E-state index contributed by atoms with van der Waals surface area (Å²) in [6.45, 7) is 5.88. The number of benzene rings is 1. The van der Waals surface area contributed by atoms with Gasteiger partial charge in [0.25, 0.3) is 5.69 Å². The predicted octanol–water partition coefficient (Wildman–Crippen LogP) is 2.38. The van der Waals surface area contributed by atoms with Gasteiger partial charge in [0.15, 0.2) is 0 Å². The Bertz CT molecular complexity index is 767. The van der Waals surface area contributed by atoms with Gasteiger partial charge in [0, 0.05) is 38.3 Å². The van der Waals surface area contributed by atoms with E-state index < -0.39 is 14.9 Å². The highest BCUT2D eigenvalue weighted by molar-refractivity contribution is 7.89. The van der Waals surface area contributed by atoms with Crippen molar-refractivity contribution in [2.24, 2.45) is 0 Å². The van der Waals surface area contributed by atoms with Crippen LogP contribution in [0.25, 0.3) is 0 Å². The van der Waals surface area contributed by atoms with Crippen LogP contribution in [0.5, 0.6) is 0 Å². The highest BCUT2D eigenvalue weighted by atomic mass is 32.2. The number of piperidine rings is 1. The van der Waals surface area contributed by atoms with Crippen LogP contribution in [-0.2, 0) is 14.8 Å². The molecule has 8 nitrogen and oxygen atoms in total. The van der Waals surface area contributed by atoms with Gasteiger partial charge in [-0.3, -0.25) is 10.1 Å². The highest BCUT2D eigenvalue weighted by Crippen LogP contribution is 2.34. The maximum absolute atomic E-state index is 13.2. The van der Waals surface area contributed by atoms with Crippen LogP contribution in [0.2, 0.25) is 0 Å². The molecule has 0 radical (unpaired) electrons. The Morgan fingerprint density at radius 3 is 2.31 bits per heavy atom. The fourth-order valence-electron chi connectivity index (χ4n) is 3.70. The average Bonchev–Trinajstić information content (AvgIpc) is 2.61. The molecular weight excluding hydrogens is 358 g/mol. The smallest absolute Gasteiger partial charge is 0.270 e. The minimum atomic E-state index is -3.79. The molecule has 0 amide bonds. The van der Waals surface area contributed by atoms with Crippen molar-refractivity contribution in [3.05, 3.63) is 28.3 Å². The molecule has 0 aromatic heterocycles.